The maximum atomic E-state index is 13.4. The van der Waals surface area contributed by atoms with Crippen LogP contribution in [0.1, 0.15) is 29.9 Å². The van der Waals surface area contributed by atoms with Crippen molar-refractivity contribution in [2.24, 2.45) is 0 Å². The fraction of sp³-hybridized carbons (Fsp3) is 0.385. The molecule has 3 heterocycles. The maximum absolute atomic E-state index is 13.4. The van der Waals surface area contributed by atoms with Gasteiger partial charge in [0, 0.05) is 42.6 Å². The molecule has 1 aliphatic rings. The highest BCUT2D eigenvalue weighted by Gasteiger charge is 2.32. The minimum absolute atomic E-state index is 0.144. The number of H-pyrrole nitrogens is 1. The van der Waals surface area contributed by atoms with Crippen molar-refractivity contribution in [3.63, 3.8) is 0 Å². The topological polar surface area (TPSA) is 101 Å². The van der Waals surface area contributed by atoms with Crippen LogP contribution in [0.2, 0.25) is 0 Å². The van der Waals surface area contributed by atoms with Gasteiger partial charge in [0.15, 0.2) is 5.82 Å². The van der Waals surface area contributed by atoms with Gasteiger partial charge < -0.3 is 19.4 Å². The molecule has 0 amide bonds. The number of piperazine rings is 1. The molecule has 2 aromatic heterocycles. The van der Waals surface area contributed by atoms with Crippen LogP contribution in [0, 0.1) is 0 Å². The summed E-state index contributed by atoms with van der Waals surface area (Å²) < 4.78 is 12.8. The average molecular weight is 490 g/mol. The van der Waals surface area contributed by atoms with E-state index in [0.717, 1.165) is 54.1 Å². The van der Waals surface area contributed by atoms with E-state index in [9.17, 15) is 4.79 Å². The Morgan fingerprint density at radius 2 is 1.78 bits per heavy atom. The fourth-order valence-corrected chi connectivity index (χ4v) is 4.66. The van der Waals surface area contributed by atoms with Crippen LogP contribution in [-0.4, -0.2) is 81.9 Å². The van der Waals surface area contributed by atoms with Crippen LogP contribution in [0.25, 0.3) is 10.9 Å². The van der Waals surface area contributed by atoms with Crippen LogP contribution in [0.5, 0.6) is 11.5 Å². The lowest BCUT2D eigenvalue weighted by Gasteiger charge is -2.37. The van der Waals surface area contributed by atoms with E-state index < -0.39 is 6.04 Å². The summed E-state index contributed by atoms with van der Waals surface area (Å²) in [6, 6.07) is 15.1. The second kappa shape index (κ2) is 10.5. The van der Waals surface area contributed by atoms with Crippen molar-refractivity contribution in [1.29, 1.82) is 0 Å². The molecule has 5 rings (SSSR count). The molecule has 2 aromatic carbocycles. The van der Waals surface area contributed by atoms with Gasteiger partial charge in [0.25, 0.3) is 5.56 Å². The van der Waals surface area contributed by atoms with E-state index in [0.29, 0.717) is 24.5 Å². The molecule has 0 aliphatic carbocycles. The van der Waals surface area contributed by atoms with E-state index >= 15 is 0 Å². The van der Waals surface area contributed by atoms with E-state index in [1.165, 1.54) is 0 Å². The Labute approximate surface area is 209 Å². The Balaban J connectivity index is 1.57. The first-order valence-electron chi connectivity index (χ1n) is 12.2. The van der Waals surface area contributed by atoms with Gasteiger partial charge >= 0.3 is 0 Å². The molecule has 4 aromatic rings. The number of fused-ring (bicyclic) bond motifs is 1. The number of methoxy groups -OCH3 is 1. The normalized spacial score (nSPS) is 15.8. The van der Waals surface area contributed by atoms with Crippen LogP contribution < -0.4 is 15.0 Å². The third-order valence-electron chi connectivity index (χ3n) is 6.65. The number of aromatic nitrogens is 5. The van der Waals surface area contributed by atoms with Gasteiger partial charge in [-0.1, -0.05) is 12.1 Å². The quantitative estimate of drug-likeness (QED) is 0.402. The summed E-state index contributed by atoms with van der Waals surface area (Å²) in [6.07, 6.45) is 0. The van der Waals surface area contributed by atoms with Crippen molar-refractivity contribution in [1.82, 2.24) is 35.0 Å². The first kappa shape index (κ1) is 24.0. The molecule has 0 spiro atoms. The number of hydrogen-bond acceptors (Lipinski definition) is 8. The van der Waals surface area contributed by atoms with Crippen LogP contribution in [0.3, 0.4) is 0 Å². The van der Waals surface area contributed by atoms with Crippen molar-refractivity contribution in [2.75, 3.05) is 46.9 Å². The highest BCUT2D eigenvalue weighted by molar-refractivity contribution is 5.80. The summed E-state index contributed by atoms with van der Waals surface area (Å²) in [4.78, 5) is 21.0. The molecule has 1 saturated heterocycles. The Morgan fingerprint density at radius 3 is 2.50 bits per heavy atom. The second-order valence-electron chi connectivity index (χ2n) is 9.02. The van der Waals surface area contributed by atoms with Gasteiger partial charge in [0.1, 0.15) is 17.5 Å². The highest BCUT2D eigenvalue weighted by Crippen LogP contribution is 2.29. The van der Waals surface area contributed by atoms with Crippen LogP contribution in [-0.2, 0) is 6.54 Å². The summed E-state index contributed by atoms with van der Waals surface area (Å²) in [5.41, 5.74) is 2.28. The number of benzene rings is 2. The molecule has 0 saturated carbocycles. The standard InChI is InChI=1S/C26H31N7O3/c1-4-36-21-9-10-23-19(15-21)16-22(26(34)27-23)24(32-13-11-31(2)12-14-32)25-28-29-30-33(25)17-18-5-7-20(35-3)8-6-18/h5-10,15-16,24H,4,11-14,17H2,1-3H3,(H,27,34). The van der Waals surface area contributed by atoms with Crippen LogP contribution in [0.4, 0.5) is 0 Å². The third kappa shape index (κ3) is 4.95. The van der Waals surface area contributed by atoms with E-state index in [-0.39, 0.29) is 5.56 Å². The van der Waals surface area contributed by atoms with E-state index in [1.807, 2.05) is 55.5 Å². The van der Waals surface area contributed by atoms with Crippen molar-refractivity contribution < 1.29 is 9.47 Å². The van der Waals surface area contributed by atoms with Gasteiger partial charge in [-0.2, -0.15) is 0 Å². The molecule has 0 radical (unpaired) electrons. The molecule has 188 valence electrons. The van der Waals surface area contributed by atoms with E-state index in [2.05, 4.69) is 37.4 Å². The smallest absolute Gasteiger partial charge is 0.253 e. The largest absolute Gasteiger partial charge is 0.497 e. The SMILES string of the molecule is CCOc1ccc2[nH]c(=O)c(C(c3nnnn3Cc3ccc(OC)cc3)N3CCN(C)CC3)cc2c1. The zero-order valence-corrected chi connectivity index (χ0v) is 20.8. The molecule has 1 fully saturated rings. The van der Waals surface area contributed by atoms with Gasteiger partial charge in [-0.25, -0.2) is 4.68 Å². The first-order chi connectivity index (χ1) is 17.6. The molecule has 1 N–H and O–H groups in total. The number of nitrogens with one attached hydrogen (secondary N) is 1. The van der Waals surface area contributed by atoms with Crippen molar-refractivity contribution in [2.45, 2.75) is 19.5 Å². The summed E-state index contributed by atoms with van der Waals surface area (Å²) in [5, 5.41) is 13.6. The zero-order valence-electron chi connectivity index (χ0n) is 20.8. The summed E-state index contributed by atoms with van der Waals surface area (Å²) in [6.45, 7) is 6.41. The number of rotatable bonds is 8. The summed E-state index contributed by atoms with van der Waals surface area (Å²) >= 11 is 0. The third-order valence-corrected chi connectivity index (χ3v) is 6.65. The molecule has 0 bridgehead atoms. The van der Waals surface area contributed by atoms with E-state index in [4.69, 9.17) is 9.47 Å². The van der Waals surface area contributed by atoms with Crippen molar-refractivity contribution >= 4 is 10.9 Å². The lowest BCUT2D eigenvalue weighted by atomic mass is 10.0. The Bertz CT molecular complexity index is 1370. The van der Waals surface area contributed by atoms with Gasteiger partial charge in [-0.3, -0.25) is 9.69 Å². The fourth-order valence-electron chi connectivity index (χ4n) is 4.66. The molecule has 1 unspecified atom stereocenters. The van der Waals surface area contributed by atoms with E-state index in [1.54, 1.807) is 11.8 Å². The van der Waals surface area contributed by atoms with Crippen LogP contribution >= 0.6 is 0 Å². The second-order valence-corrected chi connectivity index (χ2v) is 9.02. The van der Waals surface area contributed by atoms with Crippen molar-refractivity contribution in [3.05, 3.63) is 75.8 Å². The van der Waals surface area contributed by atoms with Crippen molar-refractivity contribution in [3.8, 4) is 11.5 Å². The number of ether oxygens (including phenoxy) is 2. The predicted octanol–water partition coefficient (Wildman–Crippen LogP) is 2.31. The lowest BCUT2D eigenvalue weighted by Crippen LogP contribution is -2.47. The molecular weight excluding hydrogens is 458 g/mol. The lowest BCUT2D eigenvalue weighted by molar-refractivity contribution is 0.121. The zero-order chi connectivity index (χ0) is 25.1. The summed E-state index contributed by atoms with van der Waals surface area (Å²) in [5.74, 6) is 2.20. The Kier molecular flexibility index (Phi) is 6.97. The summed E-state index contributed by atoms with van der Waals surface area (Å²) in [7, 11) is 3.76. The van der Waals surface area contributed by atoms with Gasteiger partial charge in [0.05, 0.1) is 20.3 Å². The van der Waals surface area contributed by atoms with Crippen LogP contribution in [0.15, 0.2) is 53.3 Å². The number of nitrogens with zero attached hydrogens (tertiary/aromatic N) is 6. The van der Waals surface area contributed by atoms with Gasteiger partial charge in [-0.15, -0.1) is 5.10 Å². The number of tetrazole rings is 1. The average Bonchev–Trinajstić information content (AvgIpc) is 3.34. The number of pyridine rings is 1. The molecule has 10 heteroatoms. The molecule has 36 heavy (non-hydrogen) atoms. The monoisotopic (exact) mass is 489 g/mol. The molecule has 1 aliphatic heterocycles. The first-order valence-corrected chi connectivity index (χ1v) is 12.2. The Hall–Kier alpha value is -3.76. The molecular formula is C26H31N7O3. The van der Waals surface area contributed by atoms with Gasteiger partial charge in [0.2, 0.25) is 0 Å². The Morgan fingerprint density at radius 1 is 1.03 bits per heavy atom. The molecule has 10 nitrogen and oxygen atoms in total. The van der Waals surface area contributed by atoms with Gasteiger partial charge in [-0.05, 0) is 66.4 Å². The predicted molar refractivity (Wildman–Crippen MR) is 137 cm³/mol. The number of likely N-dealkylation sites (N-methyl/N-ethyl adjacent to an activating group) is 1. The minimum atomic E-state index is -0.393. The number of hydrogen-bond donors (Lipinski definition) is 1. The number of aromatic amines is 1. The maximum Gasteiger partial charge on any atom is 0.253 e. The molecule has 1 atom stereocenters. The minimum Gasteiger partial charge on any atom is -0.497 e. The highest BCUT2D eigenvalue weighted by atomic mass is 16.5.